The van der Waals surface area contributed by atoms with E-state index < -0.39 is 10.0 Å². The predicted molar refractivity (Wildman–Crippen MR) is 84.8 cm³/mol. The van der Waals surface area contributed by atoms with Crippen molar-refractivity contribution in [3.8, 4) is 5.75 Å². The Kier molecular flexibility index (Phi) is 5.53. The summed E-state index contributed by atoms with van der Waals surface area (Å²) in [4.78, 5) is 11.9. The van der Waals surface area contributed by atoms with Crippen LogP contribution in [0.5, 0.6) is 5.75 Å². The molecule has 0 aliphatic rings. The van der Waals surface area contributed by atoms with Crippen LogP contribution >= 0.6 is 11.3 Å². The van der Waals surface area contributed by atoms with Crippen LogP contribution in [0.15, 0.2) is 46.0 Å². The molecule has 1 aromatic heterocycles. The maximum Gasteiger partial charge on any atom is 0.251 e. The predicted octanol–water partition coefficient (Wildman–Crippen LogP) is 1.46. The lowest BCUT2D eigenvalue weighted by Gasteiger charge is -2.07. The van der Waals surface area contributed by atoms with E-state index in [4.69, 9.17) is 4.74 Å². The topological polar surface area (TPSA) is 84.5 Å². The third kappa shape index (κ3) is 4.30. The van der Waals surface area contributed by atoms with Gasteiger partial charge in [-0.15, -0.1) is 11.3 Å². The molecule has 0 bridgehead atoms. The van der Waals surface area contributed by atoms with Crippen LogP contribution in [0.1, 0.15) is 10.4 Å². The summed E-state index contributed by atoms with van der Waals surface area (Å²) in [6.07, 6.45) is 0. The van der Waals surface area contributed by atoms with E-state index in [1.807, 2.05) is 0 Å². The van der Waals surface area contributed by atoms with Crippen molar-refractivity contribution in [2.24, 2.45) is 0 Å². The quantitative estimate of drug-likeness (QED) is 0.748. The number of carbonyl (C=O) groups excluding carboxylic acids is 1. The maximum absolute atomic E-state index is 11.9. The summed E-state index contributed by atoms with van der Waals surface area (Å²) in [6.45, 7) is 0.331. The molecule has 2 rings (SSSR count). The van der Waals surface area contributed by atoms with Gasteiger partial charge in [0, 0.05) is 18.7 Å². The Balaban J connectivity index is 1.80. The van der Waals surface area contributed by atoms with Crippen molar-refractivity contribution >= 4 is 27.3 Å². The number of hydrogen-bond acceptors (Lipinski definition) is 5. The molecule has 2 N–H and O–H groups in total. The first-order valence-electron chi connectivity index (χ1n) is 6.48. The number of thiophene rings is 1. The second-order valence-electron chi connectivity index (χ2n) is 4.31. The summed E-state index contributed by atoms with van der Waals surface area (Å²) in [5, 5.41) is 4.35. The second-order valence-corrected chi connectivity index (χ2v) is 7.26. The third-order valence-electron chi connectivity index (χ3n) is 2.81. The molecular formula is C14H16N2O4S2. The van der Waals surface area contributed by atoms with Gasteiger partial charge in [-0.05, 0) is 35.7 Å². The molecule has 6 nitrogen and oxygen atoms in total. The van der Waals surface area contributed by atoms with Crippen molar-refractivity contribution in [3.05, 3.63) is 47.3 Å². The van der Waals surface area contributed by atoms with Gasteiger partial charge >= 0.3 is 0 Å². The van der Waals surface area contributed by atoms with Crippen molar-refractivity contribution in [1.29, 1.82) is 0 Å². The molecule has 0 aliphatic carbocycles. The standard InChI is InChI=1S/C14H16N2O4S2/c1-20-12-6-4-11(5-7-12)14(17)15-8-9-16-22(18,19)13-3-2-10-21-13/h2-7,10,16H,8-9H2,1H3,(H,15,17). The second kappa shape index (κ2) is 7.39. The molecule has 0 aliphatic heterocycles. The molecule has 8 heteroatoms. The molecule has 118 valence electrons. The highest BCUT2D eigenvalue weighted by atomic mass is 32.2. The Morgan fingerprint density at radius 2 is 1.91 bits per heavy atom. The minimum atomic E-state index is -3.49. The first-order valence-corrected chi connectivity index (χ1v) is 8.84. The van der Waals surface area contributed by atoms with Crippen molar-refractivity contribution in [2.45, 2.75) is 4.21 Å². The molecule has 22 heavy (non-hydrogen) atoms. The van der Waals surface area contributed by atoms with Crippen molar-refractivity contribution in [2.75, 3.05) is 20.2 Å². The summed E-state index contributed by atoms with van der Waals surface area (Å²) in [6, 6.07) is 9.87. The number of methoxy groups -OCH3 is 1. The van der Waals surface area contributed by atoms with E-state index >= 15 is 0 Å². The van der Waals surface area contributed by atoms with Crippen LogP contribution in [0.25, 0.3) is 0 Å². The fourth-order valence-corrected chi connectivity index (χ4v) is 3.76. The van der Waals surface area contributed by atoms with Crippen molar-refractivity contribution in [3.63, 3.8) is 0 Å². The zero-order valence-corrected chi connectivity index (χ0v) is 13.5. The Bertz CT molecular complexity index is 710. The van der Waals surface area contributed by atoms with E-state index in [1.54, 1.807) is 42.8 Å². The number of amides is 1. The molecule has 0 fully saturated rings. The third-order valence-corrected chi connectivity index (χ3v) is 5.67. The summed E-state index contributed by atoms with van der Waals surface area (Å²) in [5.41, 5.74) is 0.488. The fourth-order valence-electron chi connectivity index (χ4n) is 1.69. The van der Waals surface area contributed by atoms with Gasteiger partial charge in [0.05, 0.1) is 7.11 Å². The highest BCUT2D eigenvalue weighted by molar-refractivity contribution is 7.91. The van der Waals surface area contributed by atoms with E-state index in [0.717, 1.165) is 11.3 Å². The Morgan fingerprint density at radius 1 is 1.18 bits per heavy atom. The molecular weight excluding hydrogens is 324 g/mol. The van der Waals surface area contributed by atoms with Crippen molar-refractivity contribution in [1.82, 2.24) is 10.0 Å². The number of rotatable bonds is 7. The molecule has 0 unspecified atom stereocenters. The van der Waals surface area contributed by atoms with Crippen LogP contribution in [0, 0.1) is 0 Å². The average molecular weight is 340 g/mol. The minimum Gasteiger partial charge on any atom is -0.497 e. The normalized spacial score (nSPS) is 11.1. The average Bonchev–Trinajstić information content (AvgIpc) is 3.07. The smallest absolute Gasteiger partial charge is 0.251 e. The van der Waals surface area contributed by atoms with Gasteiger partial charge in [0.2, 0.25) is 10.0 Å². The number of ether oxygens (including phenoxy) is 1. The van der Waals surface area contributed by atoms with Crippen LogP contribution in [0.3, 0.4) is 0 Å². The SMILES string of the molecule is COc1ccc(C(=O)NCCNS(=O)(=O)c2cccs2)cc1. The van der Waals surface area contributed by atoms with Crippen LogP contribution < -0.4 is 14.8 Å². The van der Waals surface area contributed by atoms with Crippen LogP contribution in [0.2, 0.25) is 0 Å². The Morgan fingerprint density at radius 3 is 2.50 bits per heavy atom. The van der Waals surface area contributed by atoms with Gasteiger partial charge in [-0.1, -0.05) is 6.07 Å². The zero-order chi connectivity index (χ0) is 16.0. The van der Waals surface area contributed by atoms with Crippen LogP contribution in [0.4, 0.5) is 0 Å². The number of carbonyl (C=O) groups is 1. The highest BCUT2D eigenvalue weighted by Gasteiger charge is 2.14. The van der Waals surface area contributed by atoms with Crippen LogP contribution in [-0.2, 0) is 10.0 Å². The van der Waals surface area contributed by atoms with Gasteiger partial charge in [-0.3, -0.25) is 4.79 Å². The summed E-state index contributed by atoms with van der Waals surface area (Å²) in [7, 11) is -1.94. The van der Waals surface area contributed by atoms with E-state index in [9.17, 15) is 13.2 Å². The molecule has 1 heterocycles. The monoisotopic (exact) mass is 340 g/mol. The molecule has 1 aromatic carbocycles. The lowest BCUT2D eigenvalue weighted by molar-refractivity contribution is 0.0954. The molecule has 0 saturated carbocycles. The Labute approximate surface area is 133 Å². The van der Waals surface area contributed by atoms with Gasteiger partial charge in [0.15, 0.2) is 0 Å². The van der Waals surface area contributed by atoms with Gasteiger partial charge in [0.1, 0.15) is 9.96 Å². The fraction of sp³-hybridized carbons (Fsp3) is 0.214. The van der Waals surface area contributed by atoms with E-state index in [0.29, 0.717) is 11.3 Å². The number of sulfonamides is 1. The molecule has 1 amide bonds. The largest absolute Gasteiger partial charge is 0.497 e. The van der Waals surface area contributed by atoms with Gasteiger partial charge in [0.25, 0.3) is 5.91 Å². The maximum atomic E-state index is 11.9. The van der Waals surface area contributed by atoms with E-state index in [2.05, 4.69) is 10.0 Å². The summed E-state index contributed by atoms with van der Waals surface area (Å²) < 4.78 is 31.4. The van der Waals surface area contributed by atoms with Gasteiger partial charge in [-0.25, -0.2) is 13.1 Å². The summed E-state index contributed by atoms with van der Waals surface area (Å²) in [5.74, 6) is 0.401. The summed E-state index contributed by atoms with van der Waals surface area (Å²) >= 11 is 1.14. The molecule has 0 radical (unpaired) electrons. The Hall–Kier alpha value is -1.90. The van der Waals surface area contributed by atoms with E-state index in [-0.39, 0.29) is 23.2 Å². The zero-order valence-electron chi connectivity index (χ0n) is 11.9. The molecule has 0 spiro atoms. The number of nitrogens with one attached hydrogen (secondary N) is 2. The molecule has 2 aromatic rings. The lowest BCUT2D eigenvalue weighted by Crippen LogP contribution is -2.34. The van der Waals surface area contributed by atoms with Crippen LogP contribution in [-0.4, -0.2) is 34.5 Å². The number of hydrogen-bond donors (Lipinski definition) is 2. The van der Waals surface area contributed by atoms with Crippen molar-refractivity contribution < 1.29 is 17.9 Å². The van der Waals surface area contributed by atoms with Gasteiger partial charge in [-0.2, -0.15) is 0 Å². The molecule has 0 atom stereocenters. The first kappa shape index (κ1) is 16.5. The molecule has 0 saturated heterocycles. The lowest BCUT2D eigenvalue weighted by atomic mass is 10.2. The highest BCUT2D eigenvalue weighted by Crippen LogP contribution is 2.14. The first-order chi connectivity index (χ1) is 10.5. The van der Waals surface area contributed by atoms with E-state index in [1.165, 1.54) is 6.07 Å². The minimum absolute atomic E-state index is 0.127. The van der Waals surface area contributed by atoms with Gasteiger partial charge < -0.3 is 10.1 Å². The number of benzene rings is 1.